The molecule has 0 aromatic carbocycles. The molecule has 3 heteroatoms. The van der Waals surface area contributed by atoms with Gasteiger partial charge in [0.25, 0.3) is 0 Å². The first kappa shape index (κ1) is 8.88. The van der Waals surface area contributed by atoms with Crippen molar-refractivity contribution >= 4 is 0 Å². The van der Waals surface area contributed by atoms with Crippen LogP contribution >= 0.6 is 0 Å². The number of nitrogens with one attached hydrogen (secondary N) is 1. The van der Waals surface area contributed by atoms with Crippen molar-refractivity contribution < 1.29 is 5.11 Å². The highest BCUT2D eigenvalue weighted by atomic mass is 16.3. The maximum absolute atomic E-state index is 8.90. The molecule has 9 heavy (non-hydrogen) atoms. The smallest absolute Gasteiger partial charge is 0.0786 e. The summed E-state index contributed by atoms with van der Waals surface area (Å²) in [6.45, 7) is 4.00. The van der Waals surface area contributed by atoms with Crippen LogP contribution in [0.5, 0.6) is 0 Å². The Labute approximate surface area is 56.2 Å². The lowest BCUT2D eigenvalue weighted by Crippen LogP contribution is -2.32. The maximum Gasteiger partial charge on any atom is 0.0786 e. The molecule has 1 atom stereocenters. The number of hydrogen-bond acceptors (Lipinski definition) is 3. The fourth-order valence-corrected chi connectivity index (χ4v) is 0.529. The first-order chi connectivity index (χ1) is 4.31. The number of nitrogens with two attached hydrogens (primary N) is 1. The molecule has 0 amide bonds. The molecule has 3 nitrogen and oxygen atoms in total. The van der Waals surface area contributed by atoms with Gasteiger partial charge in [0.1, 0.15) is 0 Å². The average molecular weight is 132 g/mol. The highest BCUT2D eigenvalue weighted by Gasteiger charge is 1.96. The van der Waals surface area contributed by atoms with Crippen molar-refractivity contribution in [1.29, 1.82) is 0 Å². The Morgan fingerprint density at radius 1 is 1.67 bits per heavy atom. The molecule has 0 saturated carbocycles. The number of aliphatic hydroxyl groups excluding tert-OH is 1. The fourth-order valence-electron chi connectivity index (χ4n) is 0.529. The van der Waals surface area contributed by atoms with Gasteiger partial charge in [-0.15, -0.1) is 0 Å². The molecule has 0 spiro atoms. The zero-order valence-electron chi connectivity index (χ0n) is 5.93. The molecule has 0 aromatic rings. The Balaban J connectivity index is 2.88. The van der Waals surface area contributed by atoms with Gasteiger partial charge >= 0.3 is 0 Å². The summed E-state index contributed by atoms with van der Waals surface area (Å²) in [6.07, 6.45) is 0.716. The van der Waals surface area contributed by atoms with E-state index >= 15 is 0 Å². The minimum absolute atomic E-state index is 0.344. The predicted octanol–water partition coefficient (Wildman–Crippen LogP) is -0.694. The van der Waals surface area contributed by atoms with Crippen LogP contribution in [0.1, 0.15) is 13.3 Å². The molecule has 0 aliphatic rings. The number of rotatable bonds is 5. The van der Waals surface area contributed by atoms with Gasteiger partial charge in [0.2, 0.25) is 0 Å². The summed E-state index contributed by atoms with van der Waals surface area (Å²) in [7, 11) is 0. The van der Waals surface area contributed by atoms with E-state index in [1.165, 1.54) is 0 Å². The predicted molar refractivity (Wildman–Crippen MR) is 38.2 cm³/mol. The zero-order valence-corrected chi connectivity index (χ0v) is 5.93. The Kier molecular flexibility index (Phi) is 5.93. The second kappa shape index (κ2) is 6.01. The summed E-state index contributed by atoms with van der Waals surface area (Å²) in [5.41, 5.74) is 5.16. The van der Waals surface area contributed by atoms with Crippen LogP contribution in [-0.4, -0.2) is 30.8 Å². The first-order valence-corrected chi connectivity index (χ1v) is 3.40. The Morgan fingerprint density at radius 2 is 2.33 bits per heavy atom. The van der Waals surface area contributed by atoms with Crippen molar-refractivity contribution in [2.75, 3.05) is 19.6 Å². The molecular formula is C6H16N2O. The summed E-state index contributed by atoms with van der Waals surface area (Å²) in [5, 5.41) is 12.0. The molecule has 4 N–H and O–H groups in total. The molecule has 0 fully saturated rings. The standard InChI is InChI=1S/C6H16N2O/c1-2-3-8-5-6(9)4-7/h6,8-9H,2-5,7H2,1H3. The lowest BCUT2D eigenvalue weighted by atomic mass is 10.3. The second-order valence-corrected chi connectivity index (χ2v) is 2.09. The maximum atomic E-state index is 8.90. The van der Waals surface area contributed by atoms with Crippen molar-refractivity contribution in [3.8, 4) is 0 Å². The largest absolute Gasteiger partial charge is 0.390 e. The lowest BCUT2D eigenvalue weighted by molar-refractivity contribution is 0.180. The van der Waals surface area contributed by atoms with Crippen molar-refractivity contribution in [3.63, 3.8) is 0 Å². The number of aliphatic hydroxyl groups is 1. The zero-order chi connectivity index (χ0) is 7.11. The van der Waals surface area contributed by atoms with Gasteiger partial charge in [0.05, 0.1) is 6.10 Å². The van der Waals surface area contributed by atoms with Crippen LogP contribution in [0.2, 0.25) is 0 Å². The topological polar surface area (TPSA) is 58.3 Å². The van der Waals surface area contributed by atoms with E-state index in [0.29, 0.717) is 13.1 Å². The summed E-state index contributed by atoms with van der Waals surface area (Å²) >= 11 is 0. The van der Waals surface area contributed by atoms with E-state index in [0.717, 1.165) is 13.0 Å². The molecule has 56 valence electrons. The van der Waals surface area contributed by atoms with Crippen molar-refractivity contribution in [3.05, 3.63) is 0 Å². The van der Waals surface area contributed by atoms with Gasteiger partial charge in [0.15, 0.2) is 0 Å². The fraction of sp³-hybridized carbons (Fsp3) is 1.00. The van der Waals surface area contributed by atoms with E-state index in [4.69, 9.17) is 10.8 Å². The van der Waals surface area contributed by atoms with Crippen LogP contribution in [0.4, 0.5) is 0 Å². The summed E-state index contributed by atoms with van der Waals surface area (Å²) < 4.78 is 0. The van der Waals surface area contributed by atoms with E-state index in [1.807, 2.05) is 0 Å². The average Bonchev–Trinajstić information content (AvgIpc) is 1.89. The molecule has 0 rings (SSSR count). The quantitative estimate of drug-likeness (QED) is 0.434. The van der Waals surface area contributed by atoms with Crippen molar-refractivity contribution in [2.45, 2.75) is 19.4 Å². The molecule has 0 bridgehead atoms. The summed E-state index contributed by atoms with van der Waals surface area (Å²) in [4.78, 5) is 0. The summed E-state index contributed by atoms with van der Waals surface area (Å²) in [5.74, 6) is 0. The Morgan fingerprint density at radius 3 is 2.78 bits per heavy atom. The molecule has 0 aromatic heterocycles. The Bertz CT molecular complexity index is 59.0. The van der Waals surface area contributed by atoms with E-state index < -0.39 is 0 Å². The van der Waals surface area contributed by atoms with E-state index in [9.17, 15) is 0 Å². The third-order valence-electron chi connectivity index (χ3n) is 1.08. The normalized spacial score (nSPS) is 13.7. The van der Waals surface area contributed by atoms with Crippen molar-refractivity contribution in [1.82, 2.24) is 5.32 Å². The second-order valence-electron chi connectivity index (χ2n) is 2.09. The molecule has 0 radical (unpaired) electrons. The van der Waals surface area contributed by atoms with Gasteiger partial charge in [-0.3, -0.25) is 0 Å². The Hall–Kier alpha value is -0.120. The van der Waals surface area contributed by atoms with E-state index in [1.54, 1.807) is 0 Å². The molecule has 0 aliphatic heterocycles. The minimum atomic E-state index is -0.378. The third-order valence-corrected chi connectivity index (χ3v) is 1.08. The molecule has 0 aliphatic carbocycles. The molecule has 0 heterocycles. The van der Waals surface area contributed by atoms with Gasteiger partial charge in [-0.1, -0.05) is 6.92 Å². The van der Waals surface area contributed by atoms with E-state index in [2.05, 4.69) is 12.2 Å². The lowest BCUT2D eigenvalue weighted by Gasteiger charge is -2.07. The molecule has 0 saturated heterocycles. The molecule has 1 unspecified atom stereocenters. The van der Waals surface area contributed by atoms with Gasteiger partial charge < -0.3 is 16.2 Å². The van der Waals surface area contributed by atoms with Gasteiger partial charge in [0, 0.05) is 13.1 Å². The first-order valence-electron chi connectivity index (χ1n) is 3.40. The van der Waals surface area contributed by atoms with Crippen LogP contribution < -0.4 is 11.1 Å². The molecular weight excluding hydrogens is 116 g/mol. The van der Waals surface area contributed by atoms with Gasteiger partial charge in [-0.2, -0.15) is 0 Å². The van der Waals surface area contributed by atoms with Gasteiger partial charge in [-0.05, 0) is 13.0 Å². The highest BCUT2D eigenvalue weighted by molar-refractivity contribution is 4.57. The number of hydrogen-bond donors (Lipinski definition) is 3. The van der Waals surface area contributed by atoms with Crippen LogP contribution in [0.15, 0.2) is 0 Å². The van der Waals surface area contributed by atoms with Crippen LogP contribution in [0, 0.1) is 0 Å². The van der Waals surface area contributed by atoms with Crippen LogP contribution in [0.3, 0.4) is 0 Å². The summed E-state index contributed by atoms with van der Waals surface area (Å²) in [6, 6.07) is 0. The van der Waals surface area contributed by atoms with E-state index in [-0.39, 0.29) is 6.10 Å². The SMILES string of the molecule is CCCNCC(O)CN. The monoisotopic (exact) mass is 132 g/mol. The van der Waals surface area contributed by atoms with Crippen LogP contribution in [0.25, 0.3) is 0 Å². The minimum Gasteiger partial charge on any atom is -0.390 e. The highest BCUT2D eigenvalue weighted by Crippen LogP contribution is 1.75. The van der Waals surface area contributed by atoms with Crippen LogP contribution in [-0.2, 0) is 0 Å². The van der Waals surface area contributed by atoms with Gasteiger partial charge in [-0.25, -0.2) is 0 Å². The third kappa shape index (κ3) is 5.76. The van der Waals surface area contributed by atoms with Crippen molar-refractivity contribution in [2.24, 2.45) is 5.73 Å².